The standard InChI is InChI=1S/C15H21N5O/c1-3-11(2)14(16)15(21)19-13-6-4-12(5-7-13)8-20-10-17-9-18-20/h4-7,9-11,14H,3,8,16H2,1-2H3,(H,19,21)/t11?,14-/m0/s1. The SMILES string of the molecule is CCC(C)[C@H](N)C(=O)Nc1ccc(Cn2cncn2)cc1. The molecule has 0 spiro atoms. The monoisotopic (exact) mass is 287 g/mol. The summed E-state index contributed by atoms with van der Waals surface area (Å²) in [5.41, 5.74) is 7.75. The normalized spacial score (nSPS) is 13.7. The van der Waals surface area contributed by atoms with Gasteiger partial charge in [0.1, 0.15) is 12.7 Å². The fourth-order valence-corrected chi connectivity index (χ4v) is 1.93. The van der Waals surface area contributed by atoms with E-state index in [9.17, 15) is 4.79 Å². The first-order valence-corrected chi connectivity index (χ1v) is 7.08. The Morgan fingerprint density at radius 2 is 2.10 bits per heavy atom. The molecular formula is C15H21N5O. The van der Waals surface area contributed by atoms with Crippen LogP contribution in [0.3, 0.4) is 0 Å². The number of carbonyl (C=O) groups is 1. The highest BCUT2D eigenvalue weighted by atomic mass is 16.2. The molecule has 2 aromatic rings. The quantitative estimate of drug-likeness (QED) is 0.845. The lowest BCUT2D eigenvalue weighted by Gasteiger charge is -2.17. The molecule has 1 unspecified atom stereocenters. The average Bonchev–Trinajstić information content (AvgIpc) is 3.00. The van der Waals surface area contributed by atoms with Crippen molar-refractivity contribution in [1.82, 2.24) is 14.8 Å². The summed E-state index contributed by atoms with van der Waals surface area (Å²) in [6, 6.07) is 7.16. The minimum absolute atomic E-state index is 0.145. The van der Waals surface area contributed by atoms with E-state index in [1.54, 1.807) is 11.0 Å². The van der Waals surface area contributed by atoms with Gasteiger partial charge in [0.05, 0.1) is 12.6 Å². The van der Waals surface area contributed by atoms with Crippen molar-refractivity contribution in [1.29, 1.82) is 0 Å². The van der Waals surface area contributed by atoms with Gasteiger partial charge in [0.25, 0.3) is 0 Å². The molecule has 0 saturated carbocycles. The first-order valence-electron chi connectivity index (χ1n) is 7.08. The van der Waals surface area contributed by atoms with E-state index < -0.39 is 6.04 Å². The number of benzene rings is 1. The van der Waals surface area contributed by atoms with E-state index in [4.69, 9.17) is 5.73 Å². The van der Waals surface area contributed by atoms with E-state index in [1.807, 2.05) is 38.1 Å². The second-order valence-corrected chi connectivity index (χ2v) is 5.19. The lowest BCUT2D eigenvalue weighted by atomic mass is 9.99. The van der Waals surface area contributed by atoms with Crippen LogP contribution >= 0.6 is 0 Å². The van der Waals surface area contributed by atoms with E-state index in [2.05, 4.69) is 15.4 Å². The van der Waals surface area contributed by atoms with Crippen LogP contribution in [0.2, 0.25) is 0 Å². The summed E-state index contributed by atoms with van der Waals surface area (Å²) < 4.78 is 1.74. The highest BCUT2D eigenvalue weighted by Crippen LogP contribution is 2.13. The van der Waals surface area contributed by atoms with Gasteiger partial charge < -0.3 is 11.1 Å². The Kier molecular flexibility index (Phi) is 5.05. The van der Waals surface area contributed by atoms with Crippen LogP contribution in [0.5, 0.6) is 0 Å². The predicted molar refractivity (Wildman–Crippen MR) is 81.6 cm³/mol. The molecule has 1 aromatic heterocycles. The maximum Gasteiger partial charge on any atom is 0.241 e. The molecule has 112 valence electrons. The van der Waals surface area contributed by atoms with Crippen molar-refractivity contribution in [3.8, 4) is 0 Å². The zero-order chi connectivity index (χ0) is 15.2. The predicted octanol–water partition coefficient (Wildman–Crippen LogP) is 1.64. The molecule has 0 aliphatic heterocycles. The zero-order valence-electron chi connectivity index (χ0n) is 12.4. The Morgan fingerprint density at radius 3 is 2.67 bits per heavy atom. The Labute approximate surface area is 124 Å². The summed E-state index contributed by atoms with van der Waals surface area (Å²) in [6.45, 7) is 4.66. The molecular weight excluding hydrogens is 266 g/mol. The second kappa shape index (κ2) is 6.99. The summed E-state index contributed by atoms with van der Waals surface area (Å²) in [4.78, 5) is 15.9. The van der Waals surface area contributed by atoms with E-state index in [-0.39, 0.29) is 11.8 Å². The molecule has 0 bridgehead atoms. The van der Waals surface area contributed by atoms with Crippen LogP contribution in [-0.4, -0.2) is 26.7 Å². The maximum absolute atomic E-state index is 12.0. The van der Waals surface area contributed by atoms with Gasteiger partial charge in [-0.2, -0.15) is 5.10 Å². The van der Waals surface area contributed by atoms with Crippen molar-refractivity contribution < 1.29 is 4.79 Å². The minimum atomic E-state index is -0.482. The third-order valence-corrected chi connectivity index (χ3v) is 3.59. The van der Waals surface area contributed by atoms with Gasteiger partial charge in [-0.05, 0) is 23.6 Å². The van der Waals surface area contributed by atoms with Crippen LogP contribution in [0.25, 0.3) is 0 Å². The number of nitrogens with zero attached hydrogens (tertiary/aromatic N) is 3. The largest absolute Gasteiger partial charge is 0.325 e. The third-order valence-electron chi connectivity index (χ3n) is 3.59. The smallest absolute Gasteiger partial charge is 0.241 e. The highest BCUT2D eigenvalue weighted by Gasteiger charge is 2.19. The number of hydrogen-bond acceptors (Lipinski definition) is 4. The Balaban J connectivity index is 1.94. The van der Waals surface area contributed by atoms with E-state index >= 15 is 0 Å². The molecule has 0 saturated heterocycles. The number of rotatable bonds is 6. The first kappa shape index (κ1) is 15.2. The van der Waals surface area contributed by atoms with Gasteiger partial charge in [0.15, 0.2) is 0 Å². The maximum atomic E-state index is 12.0. The number of aromatic nitrogens is 3. The first-order chi connectivity index (χ1) is 10.1. The van der Waals surface area contributed by atoms with Gasteiger partial charge in [-0.1, -0.05) is 32.4 Å². The van der Waals surface area contributed by atoms with E-state index in [0.29, 0.717) is 6.54 Å². The van der Waals surface area contributed by atoms with Crippen molar-refractivity contribution in [2.45, 2.75) is 32.9 Å². The van der Waals surface area contributed by atoms with Crippen molar-refractivity contribution in [3.63, 3.8) is 0 Å². The van der Waals surface area contributed by atoms with Crippen LogP contribution in [0.15, 0.2) is 36.9 Å². The fraction of sp³-hybridized carbons (Fsp3) is 0.400. The molecule has 21 heavy (non-hydrogen) atoms. The third kappa shape index (κ3) is 4.13. The topological polar surface area (TPSA) is 85.8 Å². The van der Waals surface area contributed by atoms with Gasteiger partial charge >= 0.3 is 0 Å². The molecule has 3 N–H and O–H groups in total. The highest BCUT2D eigenvalue weighted by molar-refractivity contribution is 5.94. The molecule has 2 atom stereocenters. The number of amides is 1. The van der Waals surface area contributed by atoms with Gasteiger partial charge in [-0.3, -0.25) is 4.79 Å². The molecule has 0 aliphatic carbocycles. The van der Waals surface area contributed by atoms with Crippen LogP contribution in [0.1, 0.15) is 25.8 Å². The summed E-state index contributed by atoms with van der Waals surface area (Å²) in [5.74, 6) is 0.0185. The van der Waals surface area contributed by atoms with Crippen molar-refractivity contribution in [3.05, 3.63) is 42.5 Å². The lowest BCUT2D eigenvalue weighted by Crippen LogP contribution is -2.40. The van der Waals surface area contributed by atoms with E-state index in [0.717, 1.165) is 17.7 Å². The van der Waals surface area contributed by atoms with Crippen molar-refractivity contribution in [2.24, 2.45) is 11.7 Å². The molecule has 0 fully saturated rings. The second-order valence-electron chi connectivity index (χ2n) is 5.19. The van der Waals surface area contributed by atoms with Gasteiger partial charge in [0, 0.05) is 5.69 Å². The van der Waals surface area contributed by atoms with Crippen LogP contribution in [-0.2, 0) is 11.3 Å². The molecule has 1 aromatic carbocycles. The number of hydrogen-bond donors (Lipinski definition) is 2. The van der Waals surface area contributed by atoms with Crippen LogP contribution in [0, 0.1) is 5.92 Å². The van der Waals surface area contributed by atoms with Crippen molar-refractivity contribution in [2.75, 3.05) is 5.32 Å². The molecule has 6 heteroatoms. The Hall–Kier alpha value is -2.21. The minimum Gasteiger partial charge on any atom is -0.325 e. The number of carbonyl (C=O) groups excluding carboxylic acids is 1. The van der Waals surface area contributed by atoms with Crippen LogP contribution < -0.4 is 11.1 Å². The fourth-order valence-electron chi connectivity index (χ4n) is 1.93. The number of anilines is 1. The molecule has 1 heterocycles. The Morgan fingerprint density at radius 1 is 1.38 bits per heavy atom. The molecule has 0 radical (unpaired) electrons. The molecule has 0 aliphatic rings. The van der Waals surface area contributed by atoms with Crippen LogP contribution in [0.4, 0.5) is 5.69 Å². The summed E-state index contributed by atoms with van der Waals surface area (Å²) in [6.07, 6.45) is 4.05. The number of nitrogens with two attached hydrogens (primary N) is 1. The van der Waals surface area contributed by atoms with Gasteiger partial charge in [-0.25, -0.2) is 9.67 Å². The van der Waals surface area contributed by atoms with Crippen molar-refractivity contribution >= 4 is 11.6 Å². The Bertz CT molecular complexity index is 564. The van der Waals surface area contributed by atoms with Gasteiger partial charge in [-0.15, -0.1) is 0 Å². The summed E-state index contributed by atoms with van der Waals surface area (Å²) >= 11 is 0. The number of nitrogens with one attached hydrogen (secondary N) is 1. The average molecular weight is 287 g/mol. The molecule has 2 rings (SSSR count). The lowest BCUT2D eigenvalue weighted by molar-refractivity contribution is -0.118. The summed E-state index contributed by atoms with van der Waals surface area (Å²) in [5, 5.41) is 6.90. The molecule has 6 nitrogen and oxygen atoms in total. The van der Waals surface area contributed by atoms with E-state index in [1.165, 1.54) is 6.33 Å². The zero-order valence-corrected chi connectivity index (χ0v) is 12.4. The molecule has 1 amide bonds. The summed E-state index contributed by atoms with van der Waals surface area (Å²) in [7, 11) is 0. The van der Waals surface area contributed by atoms with Gasteiger partial charge in [0.2, 0.25) is 5.91 Å².